The summed E-state index contributed by atoms with van der Waals surface area (Å²) in [7, 11) is 0. The number of unbranched alkanes of at least 4 members (excludes halogenated alkanes) is 60. The Morgan fingerprint density at radius 1 is 0.325 bits per heavy atom. The van der Waals surface area contributed by atoms with Crippen molar-refractivity contribution in [2.45, 2.75) is 456 Å². The first-order chi connectivity index (χ1) is 41.0. The van der Waals surface area contributed by atoms with Gasteiger partial charge in [-0.2, -0.15) is 0 Å². The van der Waals surface area contributed by atoms with Crippen LogP contribution >= 0.6 is 0 Å². The second-order valence-corrected chi connectivity index (χ2v) is 26.7. The first-order valence-corrected chi connectivity index (χ1v) is 38.4. The lowest BCUT2D eigenvalue weighted by atomic mass is 10.0. The summed E-state index contributed by atoms with van der Waals surface area (Å²) in [6.45, 7) is 5.01. The molecule has 0 aromatic heterocycles. The smallest absolute Gasteiger partial charge is 0.305 e. The van der Waals surface area contributed by atoms with E-state index >= 15 is 0 Å². The number of esters is 1. The molecule has 6 heteroatoms. The van der Waals surface area contributed by atoms with Crippen molar-refractivity contribution in [1.82, 2.24) is 5.32 Å². The number of nitrogens with one attached hydrogen (secondary N) is 1. The van der Waals surface area contributed by atoms with Crippen molar-refractivity contribution in [3.05, 3.63) is 12.2 Å². The van der Waals surface area contributed by atoms with Gasteiger partial charge in [-0.15, -0.1) is 0 Å². The van der Waals surface area contributed by atoms with Gasteiger partial charge in [-0.05, 0) is 51.4 Å². The highest BCUT2D eigenvalue weighted by molar-refractivity contribution is 5.76. The molecular weight excluding hydrogens is 1020 g/mol. The van der Waals surface area contributed by atoms with Crippen molar-refractivity contribution in [1.29, 1.82) is 0 Å². The van der Waals surface area contributed by atoms with Gasteiger partial charge in [0.25, 0.3) is 0 Å². The lowest BCUT2D eigenvalue weighted by molar-refractivity contribution is -0.143. The maximum Gasteiger partial charge on any atom is 0.305 e. The highest BCUT2D eigenvalue weighted by Gasteiger charge is 2.20. The molecule has 494 valence electrons. The standard InChI is InChI=1S/C77H151NO5/c1-3-5-7-9-11-13-15-17-19-21-34-38-41-45-49-53-57-61-65-69-75(80)74(73-79)78-76(81)70-66-62-58-54-50-46-42-39-35-32-30-28-26-24-22-23-25-27-29-31-33-36-40-44-48-52-56-60-64-68-72-83-77(82)71-67-63-59-55-51-47-43-37-20-18-16-14-12-10-8-6-4-2/h23,25,74-75,79-80H,3-22,24,26-73H2,1-2H3,(H,78,81)/b25-23-. The number of ether oxygens (including phenoxy) is 1. The summed E-state index contributed by atoms with van der Waals surface area (Å²) in [6.07, 6.45) is 91.5. The van der Waals surface area contributed by atoms with Crippen LogP contribution in [0.15, 0.2) is 12.2 Å². The highest BCUT2D eigenvalue weighted by Crippen LogP contribution is 2.20. The number of aliphatic hydroxyl groups excluding tert-OH is 2. The van der Waals surface area contributed by atoms with E-state index in [2.05, 4.69) is 31.3 Å². The third-order valence-corrected chi connectivity index (χ3v) is 18.3. The fourth-order valence-corrected chi connectivity index (χ4v) is 12.5. The Bertz CT molecular complexity index is 1260. The predicted octanol–water partition coefficient (Wildman–Crippen LogP) is 25.1. The molecule has 0 saturated carbocycles. The zero-order chi connectivity index (χ0) is 59.9. The first-order valence-electron chi connectivity index (χ1n) is 38.4. The average Bonchev–Trinajstić information content (AvgIpc) is 3.49. The van der Waals surface area contributed by atoms with E-state index in [0.29, 0.717) is 25.9 Å². The molecule has 0 radical (unpaired) electrons. The summed E-state index contributed by atoms with van der Waals surface area (Å²) in [6, 6.07) is -0.540. The molecule has 3 N–H and O–H groups in total. The molecule has 0 saturated heterocycles. The Morgan fingerprint density at radius 3 is 0.855 bits per heavy atom. The Balaban J connectivity index is 3.35. The summed E-state index contributed by atoms with van der Waals surface area (Å²) < 4.78 is 5.51. The summed E-state index contributed by atoms with van der Waals surface area (Å²) in [5.41, 5.74) is 0. The van der Waals surface area contributed by atoms with Crippen LogP contribution in [-0.4, -0.2) is 47.4 Å². The van der Waals surface area contributed by atoms with Crippen molar-refractivity contribution < 1.29 is 24.5 Å². The first kappa shape index (κ1) is 81.6. The molecule has 0 fully saturated rings. The van der Waals surface area contributed by atoms with Gasteiger partial charge in [0.15, 0.2) is 0 Å². The van der Waals surface area contributed by atoms with Crippen LogP contribution in [0.25, 0.3) is 0 Å². The van der Waals surface area contributed by atoms with E-state index in [9.17, 15) is 19.8 Å². The van der Waals surface area contributed by atoms with Crippen LogP contribution in [0.3, 0.4) is 0 Å². The molecular formula is C77H151NO5. The second kappa shape index (κ2) is 73.1. The Kier molecular flexibility index (Phi) is 71.8. The predicted molar refractivity (Wildman–Crippen MR) is 366 cm³/mol. The van der Waals surface area contributed by atoms with Gasteiger partial charge in [0.1, 0.15) is 0 Å². The number of allylic oxidation sites excluding steroid dienone is 2. The number of carbonyl (C=O) groups excluding carboxylic acids is 2. The van der Waals surface area contributed by atoms with Gasteiger partial charge in [0.2, 0.25) is 5.91 Å². The zero-order valence-corrected chi connectivity index (χ0v) is 56.7. The molecule has 2 atom stereocenters. The Morgan fingerprint density at radius 2 is 0.566 bits per heavy atom. The number of aliphatic hydroxyl groups is 2. The molecule has 83 heavy (non-hydrogen) atoms. The van der Waals surface area contributed by atoms with Crippen LogP contribution in [0, 0.1) is 0 Å². The highest BCUT2D eigenvalue weighted by atomic mass is 16.5. The monoisotopic (exact) mass is 1170 g/mol. The Labute approximate surface area is 520 Å². The van der Waals surface area contributed by atoms with Gasteiger partial charge >= 0.3 is 5.97 Å². The van der Waals surface area contributed by atoms with Gasteiger partial charge in [-0.3, -0.25) is 9.59 Å². The normalized spacial score (nSPS) is 12.5. The summed E-state index contributed by atoms with van der Waals surface area (Å²) in [5.74, 6) is -0.00613. The molecule has 0 aliphatic rings. The third-order valence-electron chi connectivity index (χ3n) is 18.3. The summed E-state index contributed by atoms with van der Waals surface area (Å²) >= 11 is 0. The molecule has 6 nitrogen and oxygen atoms in total. The van der Waals surface area contributed by atoms with Crippen LogP contribution in [0.1, 0.15) is 444 Å². The van der Waals surface area contributed by atoms with Crippen LogP contribution in [0.2, 0.25) is 0 Å². The fourth-order valence-electron chi connectivity index (χ4n) is 12.5. The second-order valence-electron chi connectivity index (χ2n) is 26.7. The van der Waals surface area contributed by atoms with Gasteiger partial charge in [0.05, 0.1) is 25.4 Å². The minimum atomic E-state index is -0.663. The van der Waals surface area contributed by atoms with Crippen LogP contribution in [0.5, 0.6) is 0 Å². The summed E-state index contributed by atoms with van der Waals surface area (Å²) in [4.78, 5) is 24.7. The molecule has 1 amide bonds. The molecule has 0 aliphatic heterocycles. The number of carbonyl (C=O) groups is 2. The molecule has 0 aromatic rings. The molecule has 0 rings (SSSR count). The molecule has 0 aliphatic carbocycles. The third kappa shape index (κ3) is 69.6. The topological polar surface area (TPSA) is 95.9 Å². The van der Waals surface area contributed by atoms with Gasteiger partial charge in [-0.1, -0.05) is 392 Å². The molecule has 0 bridgehead atoms. The van der Waals surface area contributed by atoms with E-state index in [4.69, 9.17) is 4.74 Å². The number of hydrogen-bond donors (Lipinski definition) is 3. The van der Waals surface area contributed by atoms with E-state index in [-0.39, 0.29) is 18.5 Å². The van der Waals surface area contributed by atoms with Crippen molar-refractivity contribution in [3.63, 3.8) is 0 Å². The minimum absolute atomic E-state index is 0.0223. The maximum atomic E-state index is 12.5. The van der Waals surface area contributed by atoms with Crippen LogP contribution in [-0.2, 0) is 14.3 Å². The van der Waals surface area contributed by atoms with Gasteiger partial charge in [-0.25, -0.2) is 0 Å². The van der Waals surface area contributed by atoms with Gasteiger partial charge in [0, 0.05) is 12.8 Å². The quantitative estimate of drug-likeness (QED) is 0.0320. The number of amides is 1. The fraction of sp³-hybridized carbons (Fsp3) is 0.948. The SMILES string of the molecule is CCCCCCCCCCCCCCCCCCCCCC(O)C(CO)NC(=O)CCCCCCCCCCCCCCCC/C=C\CCCCCCCCCCCCCCOC(=O)CCCCCCCCCCCCCCCCCCC. The number of rotatable bonds is 73. The molecule has 0 spiro atoms. The Hall–Kier alpha value is -1.40. The zero-order valence-electron chi connectivity index (χ0n) is 56.7. The number of hydrogen-bond acceptors (Lipinski definition) is 5. The largest absolute Gasteiger partial charge is 0.466 e. The van der Waals surface area contributed by atoms with Crippen LogP contribution in [0.4, 0.5) is 0 Å². The lowest BCUT2D eigenvalue weighted by Gasteiger charge is -2.22. The molecule has 0 heterocycles. The van der Waals surface area contributed by atoms with Gasteiger partial charge < -0.3 is 20.3 Å². The van der Waals surface area contributed by atoms with E-state index in [0.717, 1.165) is 38.5 Å². The lowest BCUT2D eigenvalue weighted by Crippen LogP contribution is -2.45. The van der Waals surface area contributed by atoms with Crippen LogP contribution < -0.4 is 5.32 Å². The van der Waals surface area contributed by atoms with E-state index in [1.54, 1.807) is 0 Å². The van der Waals surface area contributed by atoms with Crippen molar-refractivity contribution in [2.24, 2.45) is 0 Å². The van der Waals surface area contributed by atoms with Crippen molar-refractivity contribution in [3.8, 4) is 0 Å². The van der Waals surface area contributed by atoms with Crippen molar-refractivity contribution in [2.75, 3.05) is 13.2 Å². The molecule has 0 aromatic carbocycles. The maximum absolute atomic E-state index is 12.5. The minimum Gasteiger partial charge on any atom is -0.466 e. The van der Waals surface area contributed by atoms with Crippen molar-refractivity contribution >= 4 is 11.9 Å². The molecule has 2 unspecified atom stereocenters. The van der Waals surface area contributed by atoms with E-state index in [1.807, 2.05) is 0 Å². The summed E-state index contributed by atoms with van der Waals surface area (Å²) in [5, 5.41) is 23.4. The van der Waals surface area contributed by atoms with E-state index < -0.39 is 12.1 Å². The average molecular weight is 1170 g/mol. The van der Waals surface area contributed by atoms with E-state index in [1.165, 1.54) is 372 Å².